The molecule has 38 heavy (non-hydrogen) atoms. The molecule has 3 aromatic carbocycles. The van der Waals surface area contributed by atoms with E-state index in [0.29, 0.717) is 38.8 Å². The third kappa shape index (κ3) is 7.08. The van der Waals surface area contributed by atoms with Crippen molar-refractivity contribution in [2.75, 3.05) is 0 Å². The normalized spacial score (nSPS) is 12.7. The molecule has 0 aliphatic heterocycles. The topological polar surface area (TPSA) is 100 Å². The zero-order valence-corrected chi connectivity index (χ0v) is 23.0. The second-order valence-corrected chi connectivity index (χ2v) is 10.9. The van der Waals surface area contributed by atoms with Crippen LogP contribution in [0.5, 0.6) is 5.75 Å². The van der Waals surface area contributed by atoms with E-state index in [1.165, 1.54) is 0 Å². The Morgan fingerprint density at radius 1 is 1.03 bits per heavy atom. The maximum Gasteiger partial charge on any atom is 0.349 e. The van der Waals surface area contributed by atoms with Crippen molar-refractivity contribution in [2.45, 2.75) is 49.7 Å². The van der Waals surface area contributed by atoms with Crippen LogP contribution in [-0.2, 0) is 34.7 Å². The highest BCUT2D eigenvalue weighted by atomic mass is 35.5. The van der Waals surface area contributed by atoms with Gasteiger partial charge in [-0.1, -0.05) is 84.1 Å². The molecule has 0 spiro atoms. The number of ether oxygens (including phenoxy) is 1. The Bertz CT molecular complexity index is 1360. The lowest BCUT2D eigenvalue weighted by Crippen LogP contribution is -2.18. The summed E-state index contributed by atoms with van der Waals surface area (Å²) in [5.74, 6) is 0.327. The van der Waals surface area contributed by atoms with Gasteiger partial charge in [-0.2, -0.15) is 0 Å². The summed E-state index contributed by atoms with van der Waals surface area (Å²) < 4.78 is 20.9. The molecule has 0 saturated heterocycles. The highest BCUT2D eigenvalue weighted by Crippen LogP contribution is 2.28. The summed E-state index contributed by atoms with van der Waals surface area (Å²) in [6, 6.07) is 21.1. The van der Waals surface area contributed by atoms with Gasteiger partial charge in [-0.3, -0.25) is 4.57 Å². The minimum Gasteiger partial charge on any atom is -0.609 e. The number of aliphatic carboxylic acids is 1. The van der Waals surface area contributed by atoms with Crippen LogP contribution in [0.4, 0.5) is 0 Å². The van der Waals surface area contributed by atoms with Gasteiger partial charge < -0.3 is 14.4 Å². The molecule has 0 amide bonds. The third-order valence-electron chi connectivity index (χ3n) is 5.89. The second kappa shape index (κ2) is 13.2. The fraction of sp³-hybridized carbons (Fsp3) is 0.250. The van der Waals surface area contributed by atoms with E-state index in [1.807, 2.05) is 28.8 Å². The van der Waals surface area contributed by atoms with E-state index in [1.54, 1.807) is 48.5 Å². The van der Waals surface area contributed by atoms with Crippen LogP contribution in [0.25, 0.3) is 0 Å². The monoisotopic (exact) mass is 571 g/mol. The van der Waals surface area contributed by atoms with Crippen LogP contribution in [0.2, 0.25) is 10.0 Å². The summed E-state index contributed by atoms with van der Waals surface area (Å²) in [5.41, 5.74) is 2.18. The molecule has 0 aliphatic carbocycles. The van der Waals surface area contributed by atoms with Gasteiger partial charge in [0.25, 0.3) is 0 Å². The van der Waals surface area contributed by atoms with Crippen molar-refractivity contribution < 1.29 is 19.2 Å². The molecule has 1 aromatic heterocycles. The molecule has 4 rings (SSSR count). The predicted molar refractivity (Wildman–Crippen MR) is 148 cm³/mol. The highest BCUT2D eigenvalue weighted by molar-refractivity contribution is 7.90. The smallest absolute Gasteiger partial charge is 0.349 e. The van der Waals surface area contributed by atoms with E-state index in [9.17, 15) is 14.5 Å². The van der Waals surface area contributed by atoms with Gasteiger partial charge >= 0.3 is 11.1 Å². The van der Waals surface area contributed by atoms with Crippen LogP contribution in [0.1, 0.15) is 48.4 Å². The Balaban J connectivity index is 1.53. The molecule has 2 unspecified atom stereocenters. The van der Waals surface area contributed by atoms with E-state index in [4.69, 9.17) is 27.9 Å². The minimum absolute atomic E-state index is 0.300. The van der Waals surface area contributed by atoms with Gasteiger partial charge in [0.05, 0.1) is 6.54 Å². The number of unbranched alkanes of at least 4 members (excludes halogenated alkanes) is 1. The number of halogens is 2. The molecule has 198 valence electrons. The van der Waals surface area contributed by atoms with Crippen LogP contribution < -0.4 is 4.74 Å². The van der Waals surface area contributed by atoms with Crippen molar-refractivity contribution in [3.63, 3.8) is 0 Å². The van der Waals surface area contributed by atoms with Gasteiger partial charge in [-0.15, -0.1) is 5.10 Å². The number of hydrogen-bond donors (Lipinski definition) is 1. The number of carboxylic acids is 1. The van der Waals surface area contributed by atoms with E-state index >= 15 is 0 Å². The Hall–Kier alpha value is -3.04. The molecule has 0 aliphatic rings. The van der Waals surface area contributed by atoms with Crippen molar-refractivity contribution in [3.8, 4) is 5.75 Å². The van der Waals surface area contributed by atoms with Crippen molar-refractivity contribution in [3.05, 3.63) is 105 Å². The highest BCUT2D eigenvalue weighted by Gasteiger charge is 2.25. The van der Waals surface area contributed by atoms with E-state index < -0.39 is 23.2 Å². The lowest BCUT2D eigenvalue weighted by atomic mass is 10.1. The lowest BCUT2D eigenvalue weighted by Gasteiger charge is -2.17. The zero-order chi connectivity index (χ0) is 27.1. The fourth-order valence-corrected chi connectivity index (χ4v) is 5.42. The predicted octanol–water partition coefficient (Wildman–Crippen LogP) is 6.49. The van der Waals surface area contributed by atoms with Crippen LogP contribution in [0.3, 0.4) is 0 Å². The number of carboxylic acid groups (broad SMARTS) is 1. The van der Waals surface area contributed by atoms with Gasteiger partial charge in [0.2, 0.25) is 6.10 Å². The van der Waals surface area contributed by atoms with Gasteiger partial charge in [0.1, 0.15) is 17.3 Å². The number of aromatic nitrogens is 3. The Morgan fingerprint density at radius 2 is 1.71 bits per heavy atom. The molecule has 0 fully saturated rings. The minimum atomic E-state index is -1.41. The molecular formula is C28H27Cl2N3O4S. The first kappa shape index (κ1) is 28.0. The lowest BCUT2D eigenvalue weighted by molar-refractivity contribution is -0.145. The summed E-state index contributed by atoms with van der Waals surface area (Å²) in [6.07, 6.45) is 1.42. The number of nitrogens with zero attached hydrogens (tertiary/aromatic N) is 3. The van der Waals surface area contributed by atoms with Gasteiger partial charge in [0.15, 0.2) is 0 Å². The van der Waals surface area contributed by atoms with Crippen LogP contribution in [0.15, 0.2) is 78.0 Å². The first-order valence-electron chi connectivity index (χ1n) is 12.1. The largest absolute Gasteiger partial charge is 0.609 e. The Morgan fingerprint density at radius 3 is 2.37 bits per heavy atom. The number of hydrogen-bond acceptors (Lipinski definition) is 5. The first-order chi connectivity index (χ1) is 18.4. The molecule has 4 aromatic rings. The fourth-order valence-electron chi connectivity index (χ4n) is 3.89. The first-order valence-corrected chi connectivity index (χ1v) is 14.2. The molecule has 0 radical (unpaired) electrons. The van der Waals surface area contributed by atoms with E-state index in [2.05, 4.69) is 17.1 Å². The SMILES string of the molecule is CCCCc1nnc([S+]([O-])Cc2ccc(Cl)cc2)n1Cc1ccc(OC(C(=O)O)c2ccccc2Cl)cc1. The Kier molecular flexibility index (Phi) is 9.69. The van der Waals surface area contributed by atoms with Crippen molar-refractivity contribution in [1.29, 1.82) is 0 Å². The van der Waals surface area contributed by atoms with Crippen LogP contribution in [-0.4, -0.2) is 30.4 Å². The van der Waals surface area contributed by atoms with E-state index in [0.717, 1.165) is 36.2 Å². The molecule has 7 nitrogen and oxygen atoms in total. The zero-order valence-electron chi connectivity index (χ0n) is 20.7. The number of rotatable bonds is 12. The van der Waals surface area contributed by atoms with Crippen LogP contribution in [0, 0.1) is 0 Å². The summed E-state index contributed by atoms with van der Waals surface area (Å²) in [5, 5.41) is 19.7. The maximum atomic E-state index is 13.3. The summed E-state index contributed by atoms with van der Waals surface area (Å²) in [4.78, 5) is 11.9. The molecule has 1 heterocycles. The Labute approximate surface area is 234 Å². The van der Waals surface area contributed by atoms with Gasteiger partial charge in [0, 0.05) is 38.8 Å². The number of carbonyl (C=O) groups is 1. The second-order valence-electron chi connectivity index (χ2n) is 8.71. The van der Waals surface area contributed by atoms with Crippen molar-refractivity contribution >= 4 is 40.3 Å². The average Bonchev–Trinajstić information content (AvgIpc) is 3.31. The molecule has 1 N–H and O–H groups in total. The molecule has 0 saturated carbocycles. The molecule has 2 atom stereocenters. The maximum absolute atomic E-state index is 13.3. The van der Waals surface area contributed by atoms with Gasteiger partial charge in [-0.25, -0.2) is 4.79 Å². The van der Waals surface area contributed by atoms with Gasteiger partial charge in [-0.05, 0) is 42.3 Å². The number of aryl methyl sites for hydroxylation is 1. The molecule has 10 heteroatoms. The van der Waals surface area contributed by atoms with E-state index in [-0.39, 0.29) is 0 Å². The average molecular weight is 573 g/mol. The summed E-state index contributed by atoms with van der Waals surface area (Å²) >= 11 is 10.8. The molecule has 0 bridgehead atoms. The number of benzene rings is 3. The molecular weight excluding hydrogens is 545 g/mol. The third-order valence-corrected chi connectivity index (χ3v) is 7.79. The van der Waals surface area contributed by atoms with Crippen molar-refractivity contribution in [1.82, 2.24) is 14.8 Å². The van der Waals surface area contributed by atoms with Crippen LogP contribution >= 0.6 is 23.2 Å². The summed E-state index contributed by atoms with van der Waals surface area (Å²) in [7, 11) is 0. The summed E-state index contributed by atoms with van der Waals surface area (Å²) in [6.45, 7) is 2.52. The van der Waals surface area contributed by atoms with Crippen molar-refractivity contribution in [2.24, 2.45) is 0 Å². The quantitative estimate of drug-likeness (QED) is 0.195. The standard InChI is InChI=1S/C28H27Cl2N3O4S/c1-2-3-8-25-31-32-28(38(36)18-20-9-13-21(29)14-10-20)33(25)17-19-11-15-22(16-12-19)37-26(27(34)35)23-6-4-5-7-24(23)30/h4-7,9-16,26H,2-3,8,17-18H2,1H3,(H,34,35).